The normalized spacial score (nSPS) is 26.8. The van der Waals surface area contributed by atoms with Crippen LogP contribution in [-0.2, 0) is 45.1 Å². The van der Waals surface area contributed by atoms with Crippen LogP contribution < -0.4 is 30.1 Å². The van der Waals surface area contributed by atoms with Gasteiger partial charge >= 0.3 is 6.09 Å². The van der Waals surface area contributed by atoms with Crippen molar-refractivity contribution in [1.29, 1.82) is 0 Å². The molecule has 1 aromatic carbocycles. The van der Waals surface area contributed by atoms with Crippen LogP contribution in [0.5, 0.6) is 11.6 Å². The van der Waals surface area contributed by atoms with E-state index in [0.29, 0.717) is 43.2 Å². The van der Waals surface area contributed by atoms with Gasteiger partial charge in [0.2, 0.25) is 33.6 Å². The maximum atomic E-state index is 14.9. The smallest absolute Gasteiger partial charge is 0.408 e. The number of aryl methyl sites for hydroxylation is 1. The summed E-state index contributed by atoms with van der Waals surface area (Å²) in [5, 5.41) is 9.12. The number of hydrogen-bond acceptors (Lipinski definition) is 12. The van der Waals surface area contributed by atoms with E-state index in [0.717, 1.165) is 10.9 Å². The molecule has 17 nitrogen and oxygen atoms in total. The molecule has 0 spiro atoms. The topological polar surface area (TPSA) is 221 Å². The SMILES string of the molecule is CC[C@@H]1C[C@]1(NC(=O)[C@@H]1C[C@@H]2CN1C(=O)[C@H](C(C)(C)C)NC(=O)[C@@H](NC(=O)OC(C)(C)C)COCCCc1cc3c(nccc3cc1OC)O2)C(=O)NS(=O)(=O)C1CC1. The number of amides is 5. The van der Waals surface area contributed by atoms with Crippen molar-refractivity contribution in [3.8, 4) is 11.6 Å². The Hall–Kier alpha value is -4.71. The summed E-state index contributed by atoms with van der Waals surface area (Å²) in [4.78, 5) is 75.9. The Labute approximate surface area is 345 Å². The van der Waals surface area contributed by atoms with E-state index in [-0.39, 0.29) is 44.4 Å². The first kappa shape index (κ1) is 43.9. The second-order valence-electron chi connectivity index (χ2n) is 18.1. The Morgan fingerprint density at radius 1 is 1.10 bits per heavy atom. The second kappa shape index (κ2) is 16.7. The third-order valence-electron chi connectivity index (χ3n) is 11.2. The lowest BCUT2D eigenvalue weighted by molar-refractivity contribution is -0.145. The number of aromatic nitrogens is 1. The molecular formula is C41H58N6O11S. The number of pyridine rings is 1. The summed E-state index contributed by atoms with van der Waals surface area (Å²) in [5.74, 6) is -2.18. The number of methoxy groups -OCH3 is 1. The third kappa shape index (κ3) is 10.0. The molecule has 0 unspecified atom stereocenters. The van der Waals surface area contributed by atoms with Gasteiger partial charge in [-0.3, -0.25) is 23.9 Å². The number of sulfonamides is 1. The van der Waals surface area contributed by atoms with Crippen molar-refractivity contribution in [2.75, 3.05) is 26.9 Å². The summed E-state index contributed by atoms with van der Waals surface area (Å²) < 4.78 is 51.5. The van der Waals surface area contributed by atoms with Gasteiger partial charge in [-0.15, -0.1) is 0 Å². The fraction of sp³-hybridized carbons (Fsp3) is 0.659. The molecule has 18 heteroatoms. The number of carbonyl (C=O) groups is 5. The lowest BCUT2D eigenvalue weighted by Gasteiger charge is -2.36. The van der Waals surface area contributed by atoms with Crippen LogP contribution in [0.15, 0.2) is 24.4 Å². The average Bonchev–Trinajstić information content (AvgIpc) is 4.08. The van der Waals surface area contributed by atoms with Crippen LogP contribution in [0.4, 0.5) is 4.79 Å². The van der Waals surface area contributed by atoms with Crippen molar-refractivity contribution < 1.29 is 51.3 Å². The molecule has 4 N–H and O–H groups in total. The number of rotatable bonds is 8. The van der Waals surface area contributed by atoms with Gasteiger partial charge in [-0.05, 0) is 93.4 Å². The van der Waals surface area contributed by atoms with Gasteiger partial charge in [0.05, 0.1) is 25.5 Å². The van der Waals surface area contributed by atoms with E-state index in [4.69, 9.17) is 18.9 Å². The maximum absolute atomic E-state index is 14.9. The van der Waals surface area contributed by atoms with Crippen LogP contribution in [0, 0.1) is 11.3 Å². The molecule has 6 atom stereocenters. The molecule has 3 heterocycles. The second-order valence-corrected chi connectivity index (χ2v) is 20.1. The molecule has 2 aliphatic carbocycles. The Bertz CT molecular complexity index is 2080. The summed E-state index contributed by atoms with van der Waals surface area (Å²) in [5.41, 5.74) is -2.42. The molecule has 324 valence electrons. The molecule has 59 heavy (non-hydrogen) atoms. The molecule has 1 aromatic heterocycles. The summed E-state index contributed by atoms with van der Waals surface area (Å²) in [6.45, 7) is 12.1. The minimum absolute atomic E-state index is 0.00497. The largest absolute Gasteiger partial charge is 0.496 e. The van der Waals surface area contributed by atoms with E-state index in [2.05, 4.69) is 25.7 Å². The molecule has 2 aromatic rings. The van der Waals surface area contributed by atoms with Crippen LogP contribution in [-0.4, -0.2) is 116 Å². The van der Waals surface area contributed by atoms with E-state index in [1.807, 2.05) is 25.1 Å². The highest BCUT2D eigenvalue weighted by Crippen LogP contribution is 2.47. The highest BCUT2D eigenvalue weighted by atomic mass is 32.2. The van der Waals surface area contributed by atoms with Crippen LogP contribution in [0.1, 0.15) is 92.6 Å². The summed E-state index contributed by atoms with van der Waals surface area (Å²) in [7, 11) is -2.33. The van der Waals surface area contributed by atoms with E-state index < -0.39 is 85.8 Å². The molecule has 3 fully saturated rings. The summed E-state index contributed by atoms with van der Waals surface area (Å²) in [6, 6.07) is 1.96. The van der Waals surface area contributed by atoms with Gasteiger partial charge < -0.3 is 39.8 Å². The van der Waals surface area contributed by atoms with Crippen LogP contribution in [0.25, 0.3) is 10.8 Å². The van der Waals surface area contributed by atoms with Gasteiger partial charge in [0.15, 0.2) is 0 Å². The van der Waals surface area contributed by atoms with Gasteiger partial charge in [-0.1, -0.05) is 34.1 Å². The zero-order valence-electron chi connectivity index (χ0n) is 35.1. The van der Waals surface area contributed by atoms with Gasteiger partial charge in [0, 0.05) is 24.6 Å². The minimum Gasteiger partial charge on any atom is -0.496 e. The lowest BCUT2D eigenvalue weighted by atomic mass is 9.85. The molecule has 4 aliphatic rings. The van der Waals surface area contributed by atoms with Crippen molar-refractivity contribution in [1.82, 2.24) is 30.6 Å². The summed E-state index contributed by atoms with van der Waals surface area (Å²) >= 11 is 0. The average molecular weight is 843 g/mol. The van der Waals surface area contributed by atoms with E-state index in [9.17, 15) is 32.4 Å². The quantitative estimate of drug-likeness (QED) is 0.302. The number of nitrogens with one attached hydrogen (secondary N) is 4. The highest BCUT2D eigenvalue weighted by Gasteiger charge is 2.62. The standard InChI is InChI=1S/C41H58N6O11S/c1-9-25-20-41(25,37(51)46-59(53,54)27-12-13-27)45-34(49)30-19-26-21-47(30)36(50)32(39(2,3)4)44-33(48)29(43-38(52)58-40(5,6)7)22-56-16-10-11-24-17-28-23(18-31(24)55-8)14-15-42-35(28)57-26/h14-15,17-18,25-27,29-30,32H,9-13,16,19-22H2,1-8H3,(H,43,52)(H,44,48)(H,45,49)(H,46,51)/t25-,26-,29+,30+,32-,41-/m1/s1. The highest BCUT2D eigenvalue weighted by molar-refractivity contribution is 7.91. The lowest BCUT2D eigenvalue weighted by Crippen LogP contribution is -2.62. The zero-order chi connectivity index (χ0) is 43.1. The van der Waals surface area contributed by atoms with Crippen molar-refractivity contribution >= 4 is 50.5 Å². The number of ether oxygens (including phenoxy) is 4. The zero-order valence-corrected chi connectivity index (χ0v) is 36.0. The van der Waals surface area contributed by atoms with Crippen LogP contribution in [0.2, 0.25) is 0 Å². The minimum atomic E-state index is -3.91. The molecular weight excluding hydrogens is 785 g/mol. The first-order valence-corrected chi connectivity index (χ1v) is 21.9. The molecule has 2 aliphatic heterocycles. The van der Waals surface area contributed by atoms with E-state index >= 15 is 0 Å². The number of hydrogen-bond donors (Lipinski definition) is 4. The molecule has 5 amide bonds. The van der Waals surface area contributed by atoms with Gasteiger partial charge in [0.25, 0.3) is 5.91 Å². The van der Waals surface area contributed by atoms with Crippen molar-refractivity contribution in [2.45, 2.75) is 134 Å². The first-order chi connectivity index (χ1) is 27.7. The Balaban J connectivity index is 1.37. The molecule has 2 saturated carbocycles. The van der Waals surface area contributed by atoms with Crippen molar-refractivity contribution in [2.24, 2.45) is 11.3 Å². The number of alkyl carbamates (subject to hydrolysis) is 1. The predicted octanol–water partition coefficient (Wildman–Crippen LogP) is 2.87. The molecule has 6 rings (SSSR count). The van der Waals surface area contributed by atoms with Gasteiger partial charge in [0.1, 0.15) is 41.1 Å². The first-order valence-electron chi connectivity index (χ1n) is 20.3. The van der Waals surface area contributed by atoms with E-state index in [1.54, 1.807) is 54.8 Å². The monoisotopic (exact) mass is 842 g/mol. The van der Waals surface area contributed by atoms with Crippen molar-refractivity contribution in [3.05, 3.63) is 30.0 Å². The number of benzene rings is 1. The Kier molecular flexibility index (Phi) is 12.4. The Morgan fingerprint density at radius 3 is 2.46 bits per heavy atom. The molecule has 0 radical (unpaired) electrons. The maximum Gasteiger partial charge on any atom is 0.408 e. The van der Waals surface area contributed by atoms with Crippen LogP contribution in [0.3, 0.4) is 0 Å². The molecule has 4 bridgehead atoms. The fourth-order valence-electron chi connectivity index (χ4n) is 7.78. The predicted molar refractivity (Wildman–Crippen MR) is 216 cm³/mol. The van der Waals surface area contributed by atoms with Gasteiger partial charge in [-0.25, -0.2) is 18.2 Å². The summed E-state index contributed by atoms with van der Waals surface area (Å²) in [6.07, 6.45) is 2.67. The van der Waals surface area contributed by atoms with Gasteiger partial charge in [-0.2, -0.15) is 0 Å². The number of nitrogens with zero attached hydrogens (tertiary/aromatic N) is 2. The number of carbonyl (C=O) groups excluding carboxylic acids is 5. The fourth-order valence-corrected chi connectivity index (χ4v) is 9.15. The third-order valence-corrected chi connectivity index (χ3v) is 13.0. The molecule has 1 saturated heterocycles. The van der Waals surface area contributed by atoms with Crippen molar-refractivity contribution in [3.63, 3.8) is 0 Å². The van der Waals surface area contributed by atoms with E-state index in [1.165, 1.54) is 4.90 Å². The number of fused-ring (bicyclic) bond motifs is 3. The Morgan fingerprint density at radius 2 is 1.83 bits per heavy atom. The van der Waals surface area contributed by atoms with Crippen LogP contribution >= 0.6 is 0 Å².